The molecule has 1 aliphatic rings. The highest BCUT2D eigenvalue weighted by Crippen LogP contribution is 2.27. The molecular weight excluding hydrogens is 217 g/mol. The number of benzene rings is 1. The van der Waals surface area contributed by atoms with Gasteiger partial charge in [-0.05, 0) is 44.9 Å². The molecule has 1 saturated heterocycles. The van der Waals surface area contributed by atoms with E-state index in [0.29, 0.717) is 6.61 Å². The van der Waals surface area contributed by atoms with E-state index < -0.39 is 0 Å². The Morgan fingerprint density at radius 3 is 2.88 bits per heavy atom. The fraction of sp³-hybridized carbons (Fsp3) is 0.571. The smallest absolute Gasteiger partial charge is 0.123 e. The predicted octanol–water partition coefficient (Wildman–Crippen LogP) is 3.04. The zero-order valence-electron chi connectivity index (χ0n) is 10.7. The van der Waals surface area contributed by atoms with E-state index in [4.69, 9.17) is 4.74 Å². The van der Waals surface area contributed by atoms with Crippen molar-refractivity contribution in [2.75, 3.05) is 6.61 Å². The van der Waals surface area contributed by atoms with Crippen LogP contribution < -0.4 is 5.32 Å². The zero-order valence-corrected chi connectivity index (χ0v) is 10.7. The van der Waals surface area contributed by atoms with E-state index in [0.717, 1.165) is 12.0 Å². The second-order valence-electron chi connectivity index (χ2n) is 5.41. The summed E-state index contributed by atoms with van der Waals surface area (Å²) < 4.78 is 19.1. The van der Waals surface area contributed by atoms with E-state index >= 15 is 0 Å². The number of halogens is 1. The first-order chi connectivity index (χ1) is 7.98. The quantitative estimate of drug-likeness (QED) is 0.810. The van der Waals surface area contributed by atoms with Crippen LogP contribution >= 0.6 is 0 Å². The van der Waals surface area contributed by atoms with E-state index in [1.807, 2.05) is 6.07 Å². The molecule has 3 heteroatoms. The van der Waals surface area contributed by atoms with Gasteiger partial charge in [-0.2, -0.15) is 0 Å². The molecule has 0 bridgehead atoms. The standard InChI is InChI=1S/C14H20FNO/c1-10-13(11-5-4-6-12(15)9-11)17-8-7-14(2,3)16-10/h4-6,9-10,13,16H,7-8H2,1-3H3. The molecule has 1 aliphatic heterocycles. The predicted molar refractivity (Wildman–Crippen MR) is 66.4 cm³/mol. The largest absolute Gasteiger partial charge is 0.372 e. The first kappa shape index (κ1) is 12.5. The second-order valence-corrected chi connectivity index (χ2v) is 5.41. The Kier molecular flexibility index (Phi) is 3.50. The number of rotatable bonds is 1. The molecule has 0 amide bonds. The van der Waals surface area contributed by atoms with Gasteiger partial charge < -0.3 is 10.1 Å². The highest BCUT2D eigenvalue weighted by Gasteiger charge is 2.30. The number of hydrogen-bond acceptors (Lipinski definition) is 2. The molecule has 2 rings (SSSR count). The Hall–Kier alpha value is -0.930. The summed E-state index contributed by atoms with van der Waals surface area (Å²) in [7, 11) is 0. The van der Waals surface area contributed by atoms with Gasteiger partial charge in [-0.1, -0.05) is 12.1 Å². The van der Waals surface area contributed by atoms with Crippen molar-refractivity contribution in [2.45, 2.75) is 44.9 Å². The molecule has 1 heterocycles. The van der Waals surface area contributed by atoms with Gasteiger partial charge in [0.1, 0.15) is 5.82 Å². The van der Waals surface area contributed by atoms with Crippen molar-refractivity contribution in [3.8, 4) is 0 Å². The fourth-order valence-corrected chi connectivity index (χ4v) is 2.42. The molecule has 1 N–H and O–H groups in total. The maximum Gasteiger partial charge on any atom is 0.123 e. The maximum absolute atomic E-state index is 13.2. The van der Waals surface area contributed by atoms with Crippen LogP contribution in [0.4, 0.5) is 4.39 Å². The fourth-order valence-electron chi connectivity index (χ4n) is 2.42. The molecule has 0 saturated carbocycles. The molecule has 0 radical (unpaired) electrons. The summed E-state index contributed by atoms with van der Waals surface area (Å²) >= 11 is 0. The molecule has 2 nitrogen and oxygen atoms in total. The molecule has 1 aromatic rings. The minimum Gasteiger partial charge on any atom is -0.372 e. The van der Waals surface area contributed by atoms with Gasteiger partial charge in [-0.15, -0.1) is 0 Å². The average Bonchev–Trinajstić information content (AvgIpc) is 2.35. The summed E-state index contributed by atoms with van der Waals surface area (Å²) in [5, 5.41) is 3.54. The monoisotopic (exact) mass is 237 g/mol. The molecule has 1 fully saturated rings. The maximum atomic E-state index is 13.2. The zero-order chi connectivity index (χ0) is 12.5. The first-order valence-electron chi connectivity index (χ1n) is 6.13. The van der Waals surface area contributed by atoms with Crippen LogP contribution in [-0.2, 0) is 4.74 Å². The highest BCUT2D eigenvalue weighted by atomic mass is 19.1. The second kappa shape index (κ2) is 4.75. The van der Waals surface area contributed by atoms with Crippen molar-refractivity contribution >= 4 is 0 Å². The normalized spacial score (nSPS) is 28.7. The first-order valence-corrected chi connectivity index (χ1v) is 6.13. The Morgan fingerprint density at radius 2 is 2.18 bits per heavy atom. The Morgan fingerprint density at radius 1 is 1.41 bits per heavy atom. The minimum atomic E-state index is -0.207. The van der Waals surface area contributed by atoms with Crippen molar-refractivity contribution in [1.29, 1.82) is 0 Å². The minimum absolute atomic E-state index is 0.0709. The van der Waals surface area contributed by atoms with Crippen LogP contribution in [0.25, 0.3) is 0 Å². The van der Waals surface area contributed by atoms with Crippen LogP contribution in [0.3, 0.4) is 0 Å². The van der Waals surface area contributed by atoms with E-state index in [1.54, 1.807) is 12.1 Å². The molecule has 2 unspecified atom stereocenters. The van der Waals surface area contributed by atoms with E-state index in [9.17, 15) is 4.39 Å². The third kappa shape index (κ3) is 3.05. The Bertz CT molecular complexity index is 392. The molecule has 0 aromatic heterocycles. The number of nitrogens with one attached hydrogen (secondary N) is 1. The van der Waals surface area contributed by atoms with Gasteiger partial charge in [0.05, 0.1) is 6.10 Å². The van der Waals surface area contributed by atoms with Crippen LogP contribution in [-0.4, -0.2) is 18.2 Å². The third-order valence-corrected chi connectivity index (χ3v) is 3.27. The van der Waals surface area contributed by atoms with Crippen molar-refractivity contribution < 1.29 is 9.13 Å². The van der Waals surface area contributed by atoms with Gasteiger partial charge in [0.2, 0.25) is 0 Å². The van der Waals surface area contributed by atoms with Crippen LogP contribution in [0, 0.1) is 5.82 Å². The highest BCUT2D eigenvalue weighted by molar-refractivity contribution is 5.20. The Balaban J connectivity index is 2.21. The summed E-state index contributed by atoms with van der Waals surface area (Å²) in [4.78, 5) is 0. The molecule has 17 heavy (non-hydrogen) atoms. The summed E-state index contributed by atoms with van der Waals surface area (Å²) in [6.45, 7) is 7.12. The van der Waals surface area contributed by atoms with Gasteiger partial charge in [0.15, 0.2) is 0 Å². The lowest BCUT2D eigenvalue weighted by Gasteiger charge is -2.29. The lowest BCUT2D eigenvalue weighted by molar-refractivity contribution is 0.0458. The van der Waals surface area contributed by atoms with E-state index in [-0.39, 0.29) is 23.5 Å². The average molecular weight is 237 g/mol. The van der Waals surface area contributed by atoms with Crippen molar-refractivity contribution in [1.82, 2.24) is 5.32 Å². The van der Waals surface area contributed by atoms with Gasteiger partial charge in [0.25, 0.3) is 0 Å². The SMILES string of the molecule is CC1NC(C)(C)CCOC1c1cccc(F)c1. The van der Waals surface area contributed by atoms with Crippen LogP contribution in [0.1, 0.15) is 38.9 Å². The summed E-state index contributed by atoms with van der Waals surface area (Å²) in [6.07, 6.45) is 0.885. The molecule has 0 spiro atoms. The lowest BCUT2D eigenvalue weighted by Crippen LogP contribution is -2.45. The van der Waals surface area contributed by atoms with Gasteiger partial charge in [-0.25, -0.2) is 4.39 Å². The van der Waals surface area contributed by atoms with Crippen molar-refractivity contribution in [3.05, 3.63) is 35.6 Å². The molecule has 94 valence electrons. The lowest BCUT2D eigenvalue weighted by atomic mass is 9.98. The molecular formula is C14H20FNO. The van der Waals surface area contributed by atoms with Crippen LogP contribution in [0.2, 0.25) is 0 Å². The van der Waals surface area contributed by atoms with Gasteiger partial charge in [0, 0.05) is 18.2 Å². The van der Waals surface area contributed by atoms with Crippen molar-refractivity contribution in [2.24, 2.45) is 0 Å². The van der Waals surface area contributed by atoms with E-state index in [1.165, 1.54) is 6.07 Å². The van der Waals surface area contributed by atoms with Crippen LogP contribution in [0.5, 0.6) is 0 Å². The van der Waals surface area contributed by atoms with Crippen LogP contribution in [0.15, 0.2) is 24.3 Å². The molecule has 1 aromatic carbocycles. The molecule has 0 aliphatic carbocycles. The number of ether oxygens (including phenoxy) is 1. The van der Waals surface area contributed by atoms with E-state index in [2.05, 4.69) is 26.1 Å². The van der Waals surface area contributed by atoms with Gasteiger partial charge in [-0.3, -0.25) is 0 Å². The summed E-state index contributed by atoms with van der Waals surface area (Å²) in [5.41, 5.74) is 0.976. The summed E-state index contributed by atoms with van der Waals surface area (Å²) in [6, 6.07) is 6.85. The molecule has 2 atom stereocenters. The Labute approximate surface area is 102 Å². The van der Waals surface area contributed by atoms with Crippen molar-refractivity contribution in [3.63, 3.8) is 0 Å². The summed E-state index contributed by atoms with van der Waals surface area (Å²) in [5.74, 6) is -0.207. The topological polar surface area (TPSA) is 21.3 Å². The third-order valence-electron chi connectivity index (χ3n) is 3.27. The number of hydrogen-bond donors (Lipinski definition) is 1. The van der Waals surface area contributed by atoms with Gasteiger partial charge >= 0.3 is 0 Å².